The van der Waals surface area contributed by atoms with E-state index in [0.29, 0.717) is 13.0 Å². The quantitative estimate of drug-likeness (QED) is 0.682. The lowest BCUT2D eigenvalue weighted by Crippen LogP contribution is -2.43. The zero-order chi connectivity index (χ0) is 20.8. The first kappa shape index (κ1) is 19.0. The molecule has 3 aromatic rings. The Kier molecular flexibility index (Phi) is 4.53. The Morgan fingerprint density at radius 1 is 1.21 bits per heavy atom. The van der Waals surface area contributed by atoms with E-state index < -0.39 is 23.7 Å². The molecule has 1 atom stereocenters. The summed E-state index contributed by atoms with van der Waals surface area (Å²) in [7, 11) is 0. The molecule has 0 saturated carbocycles. The van der Waals surface area contributed by atoms with E-state index in [4.69, 9.17) is 9.84 Å². The number of hydrogen-bond donors (Lipinski definition) is 2. The Bertz CT molecular complexity index is 1080. The average molecular weight is 393 g/mol. The van der Waals surface area contributed by atoms with E-state index in [1.54, 1.807) is 11.0 Å². The molecule has 0 saturated heterocycles. The Labute approximate surface area is 168 Å². The Morgan fingerprint density at radius 3 is 2.62 bits per heavy atom. The number of pyridine rings is 1. The second-order valence-corrected chi connectivity index (χ2v) is 8.17. The molecule has 1 amide bonds. The van der Waals surface area contributed by atoms with Gasteiger partial charge >= 0.3 is 12.1 Å². The number of carbonyl (C=O) groups excluding carboxylic acids is 1. The van der Waals surface area contributed by atoms with Crippen LogP contribution in [0.1, 0.15) is 54.1 Å². The normalized spacial score (nSPS) is 16.5. The van der Waals surface area contributed by atoms with Gasteiger partial charge < -0.3 is 14.8 Å². The third kappa shape index (κ3) is 3.55. The van der Waals surface area contributed by atoms with E-state index in [1.165, 1.54) is 12.3 Å². The highest BCUT2D eigenvalue weighted by Gasteiger charge is 2.37. The van der Waals surface area contributed by atoms with E-state index in [9.17, 15) is 9.59 Å². The SMILES string of the molecule is CC(C)(C)OC(=O)N1CCc2c([nH]c3ccccc23)[C@@H]1c1ccc(C(=O)O)nc1. The summed E-state index contributed by atoms with van der Waals surface area (Å²) in [5.41, 5.74) is 3.15. The van der Waals surface area contributed by atoms with E-state index in [2.05, 4.69) is 16.0 Å². The zero-order valence-corrected chi connectivity index (χ0v) is 16.6. The largest absolute Gasteiger partial charge is 0.477 e. The van der Waals surface area contributed by atoms with Crippen LogP contribution in [0.3, 0.4) is 0 Å². The Morgan fingerprint density at radius 2 is 1.97 bits per heavy atom. The van der Waals surface area contributed by atoms with Crippen molar-refractivity contribution in [3.63, 3.8) is 0 Å². The van der Waals surface area contributed by atoms with Crippen molar-refractivity contribution in [2.75, 3.05) is 6.54 Å². The van der Waals surface area contributed by atoms with Crippen molar-refractivity contribution in [1.29, 1.82) is 0 Å². The van der Waals surface area contributed by atoms with Crippen molar-refractivity contribution in [3.8, 4) is 0 Å². The van der Waals surface area contributed by atoms with Crippen molar-refractivity contribution in [1.82, 2.24) is 14.9 Å². The van der Waals surface area contributed by atoms with Crippen LogP contribution in [0.2, 0.25) is 0 Å². The highest BCUT2D eigenvalue weighted by atomic mass is 16.6. The lowest BCUT2D eigenvalue weighted by atomic mass is 9.93. The number of nitrogens with one attached hydrogen (secondary N) is 1. The fourth-order valence-corrected chi connectivity index (χ4v) is 3.80. The number of aromatic nitrogens is 2. The first-order valence-corrected chi connectivity index (χ1v) is 9.53. The number of carboxylic acids is 1. The molecule has 0 spiro atoms. The van der Waals surface area contributed by atoms with Gasteiger partial charge in [-0.15, -0.1) is 0 Å². The van der Waals surface area contributed by atoms with Crippen LogP contribution in [0.15, 0.2) is 42.6 Å². The number of aromatic amines is 1. The summed E-state index contributed by atoms with van der Waals surface area (Å²) in [6, 6.07) is 10.8. The standard InChI is InChI=1S/C22H23N3O4/c1-22(2,3)29-21(28)25-11-10-15-14-6-4-5-7-16(14)24-18(15)19(25)13-8-9-17(20(26)27)23-12-13/h4-9,12,19,24H,10-11H2,1-3H3,(H,26,27)/t19-/m0/s1. The van der Waals surface area contributed by atoms with Crippen LogP contribution in [-0.4, -0.2) is 44.2 Å². The van der Waals surface area contributed by atoms with Crippen molar-refractivity contribution < 1.29 is 19.4 Å². The van der Waals surface area contributed by atoms with E-state index >= 15 is 0 Å². The second kappa shape index (κ2) is 6.92. The number of nitrogens with zero attached hydrogens (tertiary/aromatic N) is 2. The first-order chi connectivity index (χ1) is 13.7. The number of para-hydroxylation sites is 1. The molecule has 150 valence electrons. The summed E-state index contributed by atoms with van der Waals surface area (Å²) in [6.07, 6.45) is 1.82. The van der Waals surface area contributed by atoms with Gasteiger partial charge in [-0.2, -0.15) is 0 Å². The molecule has 29 heavy (non-hydrogen) atoms. The van der Waals surface area contributed by atoms with Gasteiger partial charge in [-0.25, -0.2) is 14.6 Å². The van der Waals surface area contributed by atoms with Gasteiger partial charge in [0.1, 0.15) is 17.3 Å². The van der Waals surface area contributed by atoms with Gasteiger partial charge in [-0.1, -0.05) is 24.3 Å². The van der Waals surface area contributed by atoms with E-state index in [0.717, 1.165) is 27.7 Å². The minimum absolute atomic E-state index is 0.0368. The number of benzene rings is 1. The number of H-pyrrole nitrogens is 1. The molecule has 1 aromatic carbocycles. The minimum atomic E-state index is -1.09. The van der Waals surface area contributed by atoms with Gasteiger partial charge in [0.05, 0.1) is 0 Å². The highest BCUT2D eigenvalue weighted by Crippen LogP contribution is 2.38. The van der Waals surface area contributed by atoms with E-state index in [-0.39, 0.29) is 5.69 Å². The molecule has 0 bridgehead atoms. The van der Waals surface area contributed by atoms with Crippen molar-refractivity contribution in [2.45, 2.75) is 38.8 Å². The summed E-state index contributed by atoms with van der Waals surface area (Å²) >= 11 is 0. The van der Waals surface area contributed by atoms with Crippen LogP contribution in [0, 0.1) is 0 Å². The number of carboxylic acid groups (broad SMARTS) is 1. The molecule has 7 nitrogen and oxygen atoms in total. The third-order valence-electron chi connectivity index (χ3n) is 4.98. The topological polar surface area (TPSA) is 95.5 Å². The molecule has 3 heterocycles. The number of amides is 1. The predicted molar refractivity (Wildman–Crippen MR) is 108 cm³/mol. The second-order valence-electron chi connectivity index (χ2n) is 8.17. The maximum atomic E-state index is 13.0. The maximum absolute atomic E-state index is 13.0. The highest BCUT2D eigenvalue weighted by molar-refractivity contribution is 5.86. The lowest BCUT2D eigenvalue weighted by Gasteiger charge is -2.37. The number of fused-ring (bicyclic) bond motifs is 3. The maximum Gasteiger partial charge on any atom is 0.411 e. The van der Waals surface area contributed by atoms with Gasteiger partial charge in [0.2, 0.25) is 0 Å². The fraction of sp³-hybridized carbons (Fsp3) is 0.318. The molecule has 2 N–H and O–H groups in total. The number of hydrogen-bond acceptors (Lipinski definition) is 4. The van der Waals surface area contributed by atoms with Gasteiger partial charge in [-0.3, -0.25) is 4.90 Å². The van der Waals surface area contributed by atoms with Gasteiger partial charge in [-0.05, 0) is 50.5 Å². The molecule has 0 aliphatic carbocycles. The predicted octanol–water partition coefficient (Wildman–Crippen LogP) is 4.14. The number of rotatable bonds is 2. The monoisotopic (exact) mass is 393 g/mol. The summed E-state index contributed by atoms with van der Waals surface area (Å²) in [5, 5.41) is 10.3. The van der Waals surface area contributed by atoms with Crippen LogP contribution < -0.4 is 0 Å². The smallest absolute Gasteiger partial charge is 0.411 e. The molecule has 0 fully saturated rings. The minimum Gasteiger partial charge on any atom is -0.477 e. The Balaban J connectivity index is 1.82. The van der Waals surface area contributed by atoms with Crippen molar-refractivity contribution in [3.05, 3.63) is 65.1 Å². The number of carbonyl (C=O) groups is 2. The number of aromatic carboxylic acids is 1. The van der Waals surface area contributed by atoms with Crippen LogP contribution >= 0.6 is 0 Å². The van der Waals surface area contributed by atoms with Crippen molar-refractivity contribution in [2.24, 2.45) is 0 Å². The summed E-state index contributed by atoms with van der Waals surface area (Å²) < 4.78 is 5.64. The number of ether oxygens (including phenoxy) is 1. The lowest BCUT2D eigenvalue weighted by molar-refractivity contribution is 0.0175. The molecular formula is C22H23N3O4. The molecule has 7 heteroatoms. The Hall–Kier alpha value is -3.35. The molecule has 2 aromatic heterocycles. The van der Waals surface area contributed by atoms with Crippen LogP contribution in [0.5, 0.6) is 0 Å². The van der Waals surface area contributed by atoms with Crippen molar-refractivity contribution >= 4 is 23.0 Å². The summed E-state index contributed by atoms with van der Waals surface area (Å²) in [4.78, 5) is 33.3. The van der Waals surface area contributed by atoms with Crippen LogP contribution in [0.4, 0.5) is 4.79 Å². The molecular weight excluding hydrogens is 370 g/mol. The van der Waals surface area contributed by atoms with Gasteiger partial charge in [0.15, 0.2) is 0 Å². The molecule has 0 radical (unpaired) electrons. The summed E-state index contributed by atoms with van der Waals surface area (Å²) in [5.74, 6) is -1.09. The zero-order valence-electron chi connectivity index (χ0n) is 16.6. The molecule has 1 aliphatic rings. The molecule has 1 aliphatic heterocycles. The first-order valence-electron chi connectivity index (χ1n) is 9.53. The third-order valence-corrected chi connectivity index (χ3v) is 4.98. The average Bonchev–Trinajstić information content (AvgIpc) is 3.04. The van der Waals surface area contributed by atoms with Gasteiger partial charge in [0.25, 0.3) is 0 Å². The fourth-order valence-electron chi connectivity index (χ4n) is 3.80. The molecule has 4 rings (SSSR count). The van der Waals surface area contributed by atoms with Crippen LogP contribution in [0.25, 0.3) is 10.9 Å². The van der Waals surface area contributed by atoms with Gasteiger partial charge in [0, 0.05) is 29.3 Å². The molecule has 0 unspecified atom stereocenters. The summed E-state index contributed by atoms with van der Waals surface area (Å²) in [6.45, 7) is 6.00. The van der Waals surface area contributed by atoms with Crippen LogP contribution in [-0.2, 0) is 11.2 Å². The van der Waals surface area contributed by atoms with E-state index in [1.807, 2.05) is 39.0 Å².